The molecule has 0 saturated carbocycles. The highest BCUT2D eigenvalue weighted by molar-refractivity contribution is 6.07. The number of methoxy groups -OCH3 is 1. The number of hydrogen-bond acceptors (Lipinski definition) is 7. The molecule has 1 N–H and O–H groups in total. The average Bonchev–Trinajstić information content (AvgIpc) is 3.42. The summed E-state index contributed by atoms with van der Waals surface area (Å²) in [5.41, 5.74) is 0.793. The highest BCUT2D eigenvalue weighted by Gasteiger charge is 2.37. The Kier molecular flexibility index (Phi) is 5.63. The van der Waals surface area contributed by atoms with E-state index in [9.17, 15) is 19.6 Å². The number of amides is 2. The molecule has 0 aliphatic carbocycles. The number of anilines is 2. The lowest BCUT2D eigenvalue weighted by atomic mass is 10.1. The Morgan fingerprint density at radius 3 is 2.72 bits per heavy atom. The van der Waals surface area contributed by atoms with Crippen LogP contribution in [0.15, 0.2) is 54.9 Å². The fraction of sp³-hybridized carbons (Fsp3) is 0.182. The number of pyridine rings is 1. The number of nitrogens with zero attached hydrogens (tertiary/aromatic N) is 5. The van der Waals surface area contributed by atoms with E-state index in [1.165, 1.54) is 22.9 Å². The number of nitriles is 1. The lowest BCUT2D eigenvalue weighted by Crippen LogP contribution is -2.30. The zero-order chi connectivity index (χ0) is 22.7. The molecule has 4 rings (SSSR count). The van der Waals surface area contributed by atoms with Crippen LogP contribution in [-0.4, -0.2) is 46.2 Å². The molecular formula is C22H18N6O4. The monoisotopic (exact) mass is 430 g/mol. The number of rotatable bonds is 5. The Labute approximate surface area is 183 Å². The summed E-state index contributed by atoms with van der Waals surface area (Å²) in [6.07, 6.45) is 2.87. The van der Waals surface area contributed by atoms with Gasteiger partial charge in [-0.05, 0) is 24.3 Å². The van der Waals surface area contributed by atoms with Crippen LogP contribution in [0.1, 0.15) is 22.3 Å². The van der Waals surface area contributed by atoms with Crippen molar-refractivity contribution in [1.29, 1.82) is 5.26 Å². The second-order valence-electron chi connectivity index (χ2n) is 7.02. The maximum Gasteiger partial charge on any atom is 0.339 e. The van der Waals surface area contributed by atoms with Gasteiger partial charge in [-0.2, -0.15) is 15.0 Å². The fourth-order valence-corrected chi connectivity index (χ4v) is 3.53. The van der Waals surface area contributed by atoms with Gasteiger partial charge < -0.3 is 15.0 Å². The van der Waals surface area contributed by atoms with Crippen LogP contribution in [0.3, 0.4) is 0 Å². The lowest BCUT2D eigenvalue weighted by molar-refractivity contribution is -0.122. The maximum absolute atomic E-state index is 13.0. The molecular weight excluding hydrogens is 412 g/mol. The molecule has 10 nitrogen and oxygen atoms in total. The highest BCUT2D eigenvalue weighted by atomic mass is 16.5. The van der Waals surface area contributed by atoms with Gasteiger partial charge in [0.1, 0.15) is 11.6 Å². The van der Waals surface area contributed by atoms with E-state index in [-0.39, 0.29) is 35.8 Å². The number of esters is 1. The molecule has 0 bridgehead atoms. The maximum atomic E-state index is 13.0. The van der Waals surface area contributed by atoms with Crippen molar-refractivity contribution in [3.63, 3.8) is 0 Å². The third-order valence-corrected chi connectivity index (χ3v) is 5.09. The predicted molar refractivity (Wildman–Crippen MR) is 113 cm³/mol. The van der Waals surface area contributed by atoms with Crippen molar-refractivity contribution in [2.45, 2.75) is 6.42 Å². The summed E-state index contributed by atoms with van der Waals surface area (Å²) in [7, 11) is 1.26. The van der Waals surface area contributed by atoms with E-state index in [0.29, 0.717) is 11.5 Å². The number of hydrogen-bond donors (Lipinski definition) is 1. The van der Waals surface area contributed by atoms with Gasteiger partial charge in [-0.15, -0.1) is 0 Å². The SMILES string of the molecule is COC(=O)c1ccccc1N1CC(C(=O)Nc2c(C#N)cnn2-c2ccccn2)CC1=O. The third kappa shape index (κ3) is 3.79. The molecule has 2 amide bonds. The quantitative estimate of drug-likeness (QED) is 0.612. The summed E-state index contributed by atoms with van der Waals surface area (Å²) in [4.78, 5) is 43.4. The normalized spacial score (nSPS) is 15.3. The molecule has 1 atom stereocenters. The summed E-state index contributed by atoms with van der Waals surface area (Å²) in [6.45, 7) is 0.0816. The van der Waals surface area contributed by atoms with Gasteiger partial charge in [-0.3, -0.25) is 9.59 Å². The fourth-order valence-electron chi connectivity index (χ4n) is 3.53. The standard InChI is InChI=1S/C22H18N6O4/c1-32-22(31)16-6-2-3-7-17(16)27-13-14(10-19(27)29)21(30)26-20-15(11-23)12-25-28(20)18-8-4-5-9-24-18/h2-9,12,14H,10,13H2,1H3,(H,26,30). The van der Waals surface area contributed by atoms with E-state index in [2.05, 4.69) is 15.4 Å². The minimum absolute atomic E-state index is 0.0407. The minimum atomic E-state index is -0.688. The van der Waals surface area contributed by atoms with Crippen LogP contribution < -0.4 is 10.2 Å². The topological polar surface area (TPSA) is 130 Å². The Hall–Kier alpha value is -4.52. The van der Waals surface area contributed by atoms with Crippen molar-refractivity contribution in [2.75, 3.05) is 23.9 Å². The van der Waals surface area contributed by atoms with Crippen molar-refractivity contribution >= 4 is 29.3 Å². The molecule has 160 valence electrons. The van der Waals surface area contributed by atoms with Crippen LogP contribution in [0.5, 0.6) is 0 Å². The number of benzene rings is 1. The first-order chi connectivity index (χ1) is 15.5. The molecule has 2 aromatic heterocycles. The second-order valence-corrected chi connectivity index (χ2v) is 7.02. The molecule has 0 spiro atoms. The van der Waals surface area contributed by atoms with E-state index in [0.717, 1.165) is 0 Å². The van der Waals surface area contributed by atoms with E-state index < -0.39 is 17.8 Å². The van der Waals surface area contributed by atoms with Gasteiger partial charge in [0.2, 0.25) is 11.8 Å². The van der Waals surface area contributed by atoms with Gasteiger partial charge >= 0.3 is 5.97 Å². The Morgan fingerprint density at radius 2 is 2.00 bits per heavy atom. The molecule has 1 saturated heterocycles. The van der Waals surface area contributed by atoms with Gasteiger partial charge in [-0.1, -0.05) is 18.2 Å². The molecule has 3 aromatic rings. The summed E-state index contributed by atoms with van der Waals surface area (Å²) < 4.78 is 6.15. The largest absolute Gasteiger partial charge is 0.465 e. The summed E-state index contributed by atoms with van der Waals surface area (Å²) in [6, 6.07) is 13.7. The first kappa shape index (κ1) is 20.7. The van der Waals surface area contributed by atoms with Crippen LogP contribution >= 0.6 is 0 Å². The Balaban J connectivity index is 1.57. The molecule has 0 radical (unpaired) electrons. The van der Waals surface area contributed by atoms with Gasteiger partial charge in [0.05, 0.1) is 30.5 Å². The minimum Gasteiger partial charge on any atom is -0.465 e. The molecule has 1 fully saturated rings. The first-order valence-electron chi connectivity index (χ1n) is 9.71. The number of carbonyl (C=O) groups excluding carboxylic acids is 3. The third-order valence-electron chi connectivity index (χ3n) is 5.09. The zero-order valence-electron chi connectivity index (χ0n) is 17.1. The van der Waals surface area contributed by atoms with Crippen LogP contribution in [0.25, 0.3) is 5.82 Å². The zero-order valence-corrected chi connectivity index (χ0v) is 17.1. The van der Waals surface area contributed by atoms with E-state index in [1.807, 2.05) is 6.07 Å². The van der Waals surface area contributed by atoms with Crippen molar-refractivity contribution < 1.29 is 19.1 Å². The van der Waals surface area contributed by atoms with Crippen LogP contribution in [0, 0.1) is 17.2 Å². The number of para-hydroxylation sites is 1. The first-order valence-corrected chi connectivity index (χ1v) is 9.71. The molecule has 1 unspecified atom stereocenters. The smallest absolute Gasteiger partial charge is 0.339 e. The Bertz CT molecular complexity index is 1230. The van der Waals surface area contributed by atoms with E-state index in [4.69, 9.17) is 4.74 Å². The average molecular weight is 430 g/mol. The van der Waals surface area contributed by atoms with Crippen molar-refractivity contribution in [2.24, 2.45) is 5.92 Å². The highest BCUT2D eigenvalue weighted by Crippen LogP contribution is 2.30. The van der Waals surface area contributed by atoms with Crippen LogP contribution in [0.2, 0.25) is 0 Å². The van der Waals surface area contributed by atoms with Crippen LogP contribution in [0.4, 0.5) is 11.5 Å². The molecule has 1 aliphatic heterocycles. The second kappa shape index (κ2) is 8.69. The number of nitrogens with one attached hydrogen (secondary N) is 1. The number of ether oxygens (including phenoxy) is 1. The molecule has 1 aliphatic rings. The summed E-state index contributed by atoms with van der Waals surface area (Å²) in [5.74, 6) is -1.38. The molecule has 32 heavy (non-hydrogen) atoms. The van der Waals surface area contributed by atoms with E-state index >= 15 is 0 Å². The Morgan fingerprint density at radius 1 is 1.22 bits per heavy atom. The van der Waals surface area contributed by atoms with Gasteiger partial charge in [0.15, 0.2) is 11.6 Å². The van der Waals surface area contributed by atoms with Gasteiger partial charge in [0.25, 0.3) is 0 Å². The van der Waals surface area contributed by atoms with Gasteiger partial charge in [0, 0.05) is 19.2 Å². The van der Waals surface area contributed by atoms with Crippen molar-refractivity contribution in [3.05, 3.63) is 66.0 Å². The molecule has 3 heterocycles. The predicted octanol–water partition coefficient (Wildman–Crippen LogP) is 1.92. The van der Waals surface area contributed by atoms with E-state index in [1.54, 1.807) is 48.7 Å². The number of aromatic nitrogens is 3. The summed E-state index contributed by atoms with van der Waals surface area (Å²) >= 11 is 0. The number of carbonyl (C=O) groups is 3. The lowest BCUT2D eigenvalue weighted by Gasteiger charge is -2.19. The summed E-state index contributed by atoms with van der Waals surface area (Å²) in [5, 5.41) is 16.3. The van der Waals surface area contributed by atoms with Crippen LogP contribution in [-0.2, 0) is 14.3 Å². The van der Waals surface area contributed by atoms with Crippen molar-refractivity contribution in [1.82, 2.24) is 14.8 Å². The molecule has 1 aromatic carbocycles. The van der Waals surface area contributed by atoms with Crippen molar-refractivity contribution in [3.8, 4) is 11.9 Å². The molecule has 10 heteroatoms. The van der Waals surface area contributed by atoms with Gasteiger partial charge in [-0.25, -0.2) is 9.78 Å².